The number of methoxy groups -OCH3 is 1. The Labute approximate surface area is 109 Å². The molecule has 0 saturated heterocycles. The van der Waals surface area contributed by atoms with E-state index in [0.717, 1.165) is 4.34 Å². The lowest BCUT2D eigenvalue weighted by atomic mass is 10.5. The first kappa shape index (κ1) is 14.5. The summed E-state index contributed by atoms with van der Waals surface area (Å²) in [5.41, 5.74) is 0. The van der Waals surface area contributed by atoms with Crippen LogP contribution in [0.2, 0.25) is 0 Å². The molecule has 1 rings (SSSR count). The van der Waals surface area contributed by atoms with Crippen LogP contribution in [0.15, 0.2) is 14.1 Å². The number of aromatic nitrogens is 1. The summed E-state index contributed by atoms with van der Waals surface area (Å²) in [7, 11) is -0.798. The van der Waals surface area contributed by atoms with Gasteiger partial charge >= 0.3 is 5.97 Å². The van der Waals surface area contributed by atoms with Crippen molar-refractivity contribution in [1.29, 1.82) is 0 Å². The van der Waals surface area contributed by atoms with E-state index < -0.39 is 9.73 Å². The number of carbonyl (C=O) groups is 1. The van der Waals surface area contributed by atoms with Crippen LogP contribution in [-0.4, -0.2) is 40.5 Å². The predicted octanol–water partition coefficient (Wildman–Crippen LogP) is 2.16. The number of thioether (sulfide) groups is 1. The van der Waals surface area contributed by atoms with Crippen molar-refractivity contribution in [2.24, 2.45) is 4.36 Å². The molecule has 5 nitrogen and oxygen atoms in total. The van der Waals surface area contributed by atoms with Crippen molar-refractivity contribution < 1.29 is 13.7 Å². The zero-order valence-electron chi connectivity index (χ0n) is 9.84. The van der Waals surface area contributed by atoms with E-state index in [4.69, 9.17) is 0 Å². The van der Waals surface area contributed by atoms with Gasteiger partial charge < -0.3 is 4.74 Å². The van der Waals surface area contributed by atoms with Gasteiger partial charge in [-0.05, 0) is 0 Å². The van der Waals surface area contributed by atoms with E-state index in [1.165, 1.54) is 30.2 Å². The highest BCUT2D eigenvalue weighted by molar-refractivity contribution is 8.01. The molecule has 96 valence electrons. The smallest absolute Gasteiger partial charge is 0.306 e. The van der Waals surface area contributed by atoms with Crippen LogP contribution in [0, 0.1) is 0 Å². The molecule has 0 N–H and O–H groups in total. The maximum absolute atomic E-state index is 11.4. The SMILES string of the molecule is COC(=O)CCSc1nc(N=S(C)(C)=O)cs1. The van der Waals surface area contributed by atoms with Crippen molar-refractivity contribution in [3.05, 3.63) is 5.38 Å². The second-order valence-electron chi connectivity index (χ2n) is 3.42. The fourth-order valence-electron chi connectivity index (χ4n) is 0.907. The van der Waals surface area contributed by atoms with Gasteiger partial charge in [-0.1, -0.05) is 11.8 Å². The van der Waals surface area contributed by atoms with Gasteiger partial charge in [-0.15, -0.1) is 11.3 Å². The van der Waals surface area contributed by atoms with Gasteiger partial charge in [0, 0.05) is 33.4 Å². The van der Waals surface area contributed by atoms with Crippen LogP contribution in [0.3, 0.4) is 0 Å². The predicted molar refractivity (Wildman–Crippen MR) is 71.5 cm³/mol. The summed E-state index contributed by atoms with van der Waals surface area (Å²) in [6, 6.07) is 0. The molecule has 0 atom stereocenters. The molecule has 0 fully saturated rings. The summed E-state index contributed by atoms with van der Waals surface area (Å²) in [5.74, 6) is 0.877. The van der Waals surface area contributed by atoms with E-state index in [9.17, 15) is 9.00 Å². The number of hydrogen-bond acceptors (Lipinski definition) is 7. The van der Waals surface area contributed by atoms with Crippen LogP contribution >= 0.6 is 23.1 Å². The maximum atomic E-state index is 11.4. The maximum Gasteiger partial charge on any atom is 0.306 e. The van der Waals surface area contributed by atoms with Crippen LogP contribution in [0.4, 0.5) is 5.82 Å². The van der Waals surface area contributed by atoms with E-state index in [0.29, 0.717) is 18.0 Å². The van der Waals surface area contributed by atoms with E-state index in [-0.39, 0.29) is 5.97 Å². The lowest BCUT2D eigenvalue weighted by molar-refractivity contribution is -0.140. The fourth-order valence-corrected chi connectivity index (χ4v) is 3.24. The summed E-state index contributed by atoms with van der Waals surface area (Å²) in [5, 5.41) is 1.76. The summed E-state index contributed by atoms with van der Waals surface area (Å²) in [6.07, 6.45) is 3.48. The third-order valence-corrected chi connectivity index (χ3v) is 4.18. The van der Waals surface area contributed by atoms with E-state index in [1.54, 1.807) is 17.9 Å². The van der Waals surface area contributed by atoms with Crippen molar-refractivity contribution in [2.45, 2.75) is 10.8 Å². The minimum Gasteiger partial charge on any atom is -0.469 e. The highest BCUT2D eigenvalue weighted by atomic mass is 32.2. The van der Waals surface area contributed by atoms with Gasteiger partial charge in [-0.3, -0.25) is 4.79 Å². The Balaban J connectivity index is 2.52. The Hall–Kier alpha value is -0.600. The molecule has 0 amide bonds. The van der Waals surface area contributed by atoms with Gasteiger partial charge in [-0.25, -0.2) is 9.19 Å². The van der Waals surface area contributed by atoms with Crippen molar-refractivity contribution in [2.75, 3.05) is 25.4 Å². The topological polar surface area (TPSA) is 68.6 Å². The Morgan fingerprint density at radius 2 is 2.35 bits per heavy atom. The minimum absolute atomic E-state index is 0.232. The summed E-state index contributed by atoms with van der Waals surface area (Å²) < 4.78 is 20.8. The molecule has 0 unspecified atom stereocenters. The summed E-state index contributed by atoms with van der Waals surface area (Å²) >= 11 is 2.89. The molecule has 0 bridgehead atoms. The first-order chi connectivity index (χ1) is 7.90. The lowest BCUT2D eigenvalue weighted by Gasteiger charge is -1.96. The molecule has 0 radical (unpaired) electrons. The van der Waals surface area contributed by atoms with Gasteiger partial charge in [-0.2, -0.15) is 4.36 Å². The summed E-state index contributed by atoms with van der Waals surface area (Å²) in [6.45, 7) is 0. The minimum atomic E-state index is -2.17. The second-order valence-corrected chi connectivity index (χ2v) is 8.16. The summed E-state index contributed by atoms with van der Waals surface area (Å²) in [4.78, 5) is 15.1. The normalized spacial score (nSPS) is 11.2. The van der Waals surface area contributed by atoms with E-state index in [1.807, 2.05) is 0 Å². The van der Waals surface area contributed by atoms with Crippen LogP contribution < -0.4 is 0 Å². The number of nitrogens with zero attached hydrogens (tertiary/aromatic N) is 2. The standard InChI is InChI=1S/C9H14N2O3S3/c1-14-8(12)4-5-15-9-10-7(6-16-9)11-17(2,3)13/h6H,4-5H2,1-3H3. The first-order valence-corrected chi connectivity index (χ1v) is 8.92. The van der Waals surface area contributed by atoms with Gasteiger partial charge in [0.15, 0.2) is 10.2 Å². The van der Waals surface area contributed by atoms with Crippen molar-refractivity contribution in [3.63, 3.8) is 0 Å². The van der Waals surface area contributed by atoms with Gasteiger partial charge in [0.25, 0.3) is 0 Å². The molecule has 17 heavy (non-hydrogen) atoms. The highest BCUT2D eigenvalue weighted by Gasteiger charge is 2.05. The number of carbonyl (C=O) groups excluding carboxylic acids is 1. The third-order valence-electron chi connectivity index (χ3n) is 1.54. The largest absolute Gasteiger partial charge is 0.469 e. The van der Waals surface area contributed by atoms with Gasteiger partial charge in [0.1, 0.15) is 0 Å². The number of esters is 1. The van der Waals surface area contributed by atoms with Crippen LogP contribution in [-0.2, 0) is 19.3 Å². The Kier molecular flexibility index (Phi) is 5.41. The molecule has 0 aliphatic carbocycles. The molecular weight excluding hydrogens is 280 g/mol. The Bertz CT molecular complexity index is 495. The zero-order chi connectivity index (χ0) is 12.9. The van der Waals surface area contributed by atoms with Crippen LogP contribution in [0.1, 0.15) is 6.42 Å². The molecular formula is C9H14N2O3S3. The first-order valence-electron chi connectivity index (χ1n) is 4.73. The van der Waals surface area contributed by atoms with Crippen molar-refractivity contribution in [3.8, 4) is 0 Å². The quantitative estimate of drug-likeness (QED) is 0.615. The molecule has 1 aromatic rings. The molecule has 1 aromatic heterocycles. The Morgan fingerprint density at radius 3 is 2.94 bits per heavy atom. The van der Waals surface area contributed by atoms with E-state index in [2.05, 4.69) is 14.1 Å². The van der Waals surface area contributed by atoms with E-state index >= 15 is 0 Å². The average molecular weight is 294 g/mol. The average Bonchev–Trinajstić information content (AvgIpc) is 2.62. The van der Waals surface area contributed by atoms with Crippen molar-refractivity contribution in [1.82, 2.24) is 4.98 Å². The molecule has 1 heterocycles. The molecule has 8 heteroatoms. The number of rotatable bonds is 5. The Morgan fingerprint density at radius 1 is 1.65 bits per heavy atom. The zero-order valence-corrected chi connectivity index (χ0v) is 12.3. The monoisotopic (exact) mass is 294 g/mol. The second kappa shape index (κ2) is 6.36. The highest BCUT2D eigenvalue weighted by Crippen LogP contribution is 2.27. The van der Waals surface area contributed by atoms with Crippen LogP contribution in [0.5, 0.6) is 0 Å². The molecule has 0 aromatic carbocycles. The van der Waals surface area contributed by atoms with Gasteiger partial charge in [0.2, 0.25) is 0 Å². The number of hydrogen-bond donors (Lipinski definition) is 0. The van der Waals surface area contributed by atoms with Crippen LogP contribution in [0.25, 0.3) is 0 Å². The van der Waals surface area contributed by atoms with Crippen molar-refractivity contribution >= 4 is 44.6 Å². The fraction of sp³-hybridized carbons (Fsp3) is 0.556. The molecule has 0 saturated carbocycles. The van der Waals surface area contributed by atoms with Gasteiger partial charge in [0.05, 0.1) is 13.5 Å². The third kappa shape index (κ3) is 6.04. The molecule has 0 aliphatic rings. The molecule has 0 aliphatic heterocycles. The lowest BCUT2D eigenvalue weighted by Crippen LogP contribution is -2.00. The molecule has 0 spiro atoms. The number of ether oxygens (including phenoxy) is 1. The number of thiazole rings is 1.